The Hall–Kier alpha value is -3.19. The molecule has 0 spiro atoms. The zero-order valence-electron chi connectivity index (χ0n) is 12.3. The Kier molecular flexibility index (Phi) is 3.28. The zero-order chi connectivity index (χ0) is 16.7. The van der Waals surface area contributed by atoms with Crippen LogP contribution in [-0.2, 0) is 0 Å². The summed E-state index contributed by atoms with van der Waals surface area (Å²) in [5.41, 5.74) is 1.50. The van der Waals surface area contributed by atoms with Gasteiger partial charge in [-0.3, -0.25) is 9.78 Å². The maximum atomic E-state index is 12.6. The number of benzene rings is 1. The van der Waals surface area contributed by atoms with Crippen LogP contribution in [0, 0.1) is 5.21 Å². The molecule has 0 amide bonds. The molecule has 1 aromatic carbocycles. The minimum atomic E-state index is -0.150. The maximum absolute atomic E-state index is 12.6. The molecule has 0 saturated heterocycles. The van der Waals surface area contributed by atoms with Crippen LogP contribution in [0.1, 0.15) is 15.2 Å². The van der Waals surface area contributed by atoms with Crippen LogP contribution in [0.25, 0.3) is 22.4 Å². The van der Waals surface area contributed by atoms with Crippen LogP contribution in [-0.4, -0.2) is 20.7 Å². The van der Waals surface area contributed by atoms with Crippen molar-refractivity contribution in [3.8, 4) is 11.4 Å². The number of rotatable bonds is 3. The lowest BCUT2D eigenvalue weighted by Gasteiger charge is -2.03. The monoisotopic (exact) mass is 337 g/mol. The standard InChI is InChI=1S/C17H11N3O3S/c21-16(15-2-1-9-24-15)12-3-4-13-14(10-12)20(23)17(19(13)22)11-5-7-18-8-6-11/h1-10,22H. The van der Waals surface area contributed by atoms with Crippen LogP contribution in [0.15, 0.2) is 60.2 Å². The van der Waals surface area contributed by atoms with Gasteiger partial charge in [-0.05, 0) is 40.4 Å². The van der Waals surface area contributed by atoms with Crippen LogP contribution >= 0.6 is 11.3 Å². The Bertz CT molecular complexity index is 1040. The molecule has 3 heterocycles. The summed E-state index contributed by atoms with van der Waals surface area (Å²) in [5.74, 6) is -0.0730. The SMILES string of the molecule is O=C(c1ccc2c(c1)[n+]([O-])c(-c1ccncc1)n2O)c1cccs1. The molecule has 0 radical (unpaired) electrons. The highest BCUT2D eigenvalue weighted by atomic mass is 32.1. The first-order valence-electron chi connectivity index (χ1n) is 7.12. The molecule has 118 valence electrons. The number of hydrogen-bond donors (Lipinski definition) is 1. The van der Waals surface area contributed by atoms with Gasteiger partial charge in [0.2, 0.25) is 11.3 Å². The second kappa shape index (κ2) is 5.47. The fourth-order valence-corrected chi connectivity index (χ4v) is 3.30. The quantitative estimate of drug-likeness (QED) is 0.270. The van der Waals surface area contributed by atoms with E-state index in [-0.39, 0.29) is 17.1 Å². The fourth-order valence-electron chi connectivity index (χ4n) is 2.61. The first kappa shape index (κ1) is 14.4. The number of fused-ring (bicyclic) bond motifs is 1. The van der Waals surface area contributed by atoms with Crippen LogP contribution in [0.2, 0.25) is 0 Å². The van der Waals surface area contributed by atoms with Crippen molar-refractivity contribution in [1.29, 1.82) is 0 Å². The molecule has 24 heavy (non-hydrogen) atoms. The summed E-state index contributed by atoms with van der Waals surface area (Å²) in [4.78, 5) is 17.0. The molecule has 4 rings (SSSR count). The van der Waals surface area contributed by atoms with Gasteiger partial charge in [0.1, 0.15) is 0 Å². The number of pyridine rings is 1. The van der Waals surface area contributed by atoms with E-state index < -0.39 is 0 Å². The minimum absolute atomic E-state index is 0.0770. The molecule has 0 atom stereocenters. The third-order valence-electron chi connectivity index (χ3n) is 3.76. The van der Waals surface area contributed by atoms with E-state index >= 15 is 0 Å². The van der Waals surface area contributed by atoms with E-state index in [0.717, 1.165) is 4.73 Å². The molecule has 1 N–H and O–H groups in total. The average Bonchev–Trinajstić information content (AvgIpc) is 3.23. The smallest absolute Gasteiger partial charge is 0.332 e. The third-order valence-corrected chi connectivity index (χ3v) is 4.63. The number of carbonyl (C=O) groups is 1. The van der Waals surface area contributed by atoms with Crippen molar-refractivity contribution in [2.24, 2.45) is 0 Å². The summed E-state index contributed by atoms with van der Waals surface area (Å²) in [5, 5.41) is 24.8. The molecule has 0 aliphatic carbocycles. The normalized spacial score (nSPS) is 11.0. The number of nitrogens with zero attached hydrogens (tertiary/aromatic N) is 3. The topological polar surface area (TPSA) is 82.1 Å². The third kappa shape index (κ3) is 2.14. The van der Waals surface area contributed by atoms with Gasteiger partial charge in [0, 0.05) is 24.0 Å². The summed E-state index contributed by atoms with van der Waals surface area (Å²) in [7, 11) is 0. The Morgan fingerprint density at radius 2 is 2.00 bits per heavy atom. The Morgan fingerprint density at radius 3 is 2.71 bits per heavy atom. The molecular weight excluding hydrogens is 326 g/mol. The summed E-state index contributed by atoms with van der Waals surface area (Å²) in [6.07, 6.45) is 3.08. The summed E-state index contributed by atoms with van der Waals surface area (Å²) < 4.78 is 1.45. The van der Waals surface area contributed by atoms with E-state index in [9.17, 15) is 15.2 Å². The Balaban J connectivity index is 1.89. The lowest BCUT2D eigenvalue weighted by Crippen LogP contribution is -2.28. The molecule has 7 heteroatoms. The molecule has 6 nitrogen and oxygen atoms in total. The van der Waals surface area contributed by atoms with Crippen molar-refractivity contribution in [3.05, 3.63) is 75.9 Å². The van der Waals surface area contributed by atoms with Gasteiger partial charge < -0.3 is 10.4 Å². The molecule has 0 fully saturated rings. The highest BCUT2D eigenvalue weighted by molar-refractivity contribution is 7.12. The summed E-state index contributed by atoms with van der Waals surface area (Å²) in [6.45, 7) is 0. The minimum Gasteiger partial charge on any atom is -0.710 e. The van der Waals surface area contributed by atoms with Gasteiger partial charge in [-0.15, -0.1) is 11.3 Å². The van der Waals surface area contributed by atoms with Gasteiger partial charge in [0.05, 0.1) is 10.4 Å². The van der Waals surface area contributed by atoms with E-state index in [1.54, 1.807) is 48.8 Å². The van der Waals surface area contributed by atoms with Crippen LogP contribution in [0.4, 0.5) is 0 Å². The van der Waals surface area contributed by atoms with Gasteiger partial charge in [-0.1, -0.05) is 6.07 Å². The van der Waals surface area contributed by atoms with Crippen LogP contribution < -0.4 is 4.73 Å². The molecule has 0 saturated carbocycles. The summed E-state index contributed by atoms with van der Waals surface area (Å²) in [6, 6.07) is 11.5. The van der Waals surface area contributed by atoms with Gasteiger partial charge in [-0.2, -0.15) is 0 Å². The predicted octanol–water partition coefficient (Wildman–Crippen LogP) is 2.87. The van der Waals surface area contributed by atoms with Crippen LogP contribution in [0.3, 0.4) is 0 Å². The van der Waals surface area contributed by atoms with E-state index in [1.165, 1.54) is 17.4 Å². The number of hydrogen-bond acceptors (Lipinski definition) is 5. The molecule has 4 aromatic rings. The van der Waals surface area contributed by atoms with E-state index in [4.69, 9.17) is 0 Å². The van der Waals surface area contributed by atoms with Gasteiger partial charge >= 0.3 is 5.82 Å². The van der Waals surface area contributed by atoms with Crippen molar-refractivity contribution < 1.29 is 14.7 Å². The molecule has 3 aromatic heterocycles. The van der Waals surface area contributed by atoms with Crippen molar-refractivity contribution in [2.75, 3.05) is 0 Å². The van der Waals surface area contributed by atoms with E-state index in [0.29, 0.717) is 26.3 Å². The van der Waals surface area contributed by atoms with Gasteiger partial charge in [-0.25, -0.2) is 4.73 Å². The number of aromatic nitrogens is 3. The molecule has 0 aliphatic rings. The molecule has 0 bridgehead atoms. The van der Waals surface area contributed by atoms with Crippen molar-refractivity contribution in [1.82, 2.24) is 9.71 Å². The first-order valence-corrected chi connectivity index (χ1v) is 8.00. The average molecular weight is 337 g/mol. The Labute approximate surface area is 140 Å². The van der Waals surface area contributed by atoms with Crippen LogP contribution in [0.5, 0.6) is 0 Å². The molecular formula is C17H11N3O3S. The molecule has 0 aliphatic heterocycles. The lowest BCUT2D eigenvalue weighted by atomic mass is 10.1. The zero-order valence-corrected chi connectivity index (χ0v) is 13.1. The van der Waals surface area contributed by atoms with Crippen molar-refractivity contribution >= 4 is 28.2 Å². The first-order chi connectivity index (χ1) is 11.7. The number of ketones is 1. The van der Waals surface area contributed by atoms with Gasteiger partial charge in [0.15, 0.2) is 5.52 Å². The second-order valence-corrected chi connectivity index (χ2v) is 6.12. The van der Waals surface area contributed by atoms with Crippen molar-refractivity contribution in [2.45, 2.75) is 0 Å². The lowest BCUT2D eigenvalue weighted by molar-refractivity contribution is -0.567. The van der Waals surface area contributed by atoms with Crippen molar-refractivity contribution in [3.63, 3.8) is 0 Å². The highest BCUT2D eigenvalue weighted by Crippen LogP contribution is 2.23. The Morgan fingerprint density at radius 1 is 1.21 bits per heavy atom. The maximum Gasteiger partial charge on any atom is 0.332 e. The number of imidazole rings is 1. The largest absolute Gasteiger partial charge is 0.710 e. The van der Waals surface area contributed by atoms with E-state index in [2.05, 4.69) is 4.98 Å². The molecule has 0 unspecified atom stereocenters. The predicted molar refractivity (Wildman–Crippen MR) is 89.1 cm³/mol. The van der Waals surface area contributed by atoms with Gasteiger partial charge in [0.25, 0.3) is 0 Å². The summed E-state index contributed by atoms with van der Waals surface area (Å²) >= 11 is 1.34. The highest BCUT2D eigenvalue weighted by Gasteiger charge is 2.24. The van der Waals surface area contributed by atoms with E-state index in [1.807, 2.05) is 5.38 Å². The fraction of sp³-hybridized carbons (Fsp3) is 0. The second-order valence-electron chi connectivity index (χ2n) is 5.18. The number of carbonyl (C=O) groups excluding carboxylic acids is 1. The number of thiophene rings is 1.